The van der Waals surface area contributed by atoms with Gasteiger partial charge in [0.15, 0.2) is 11.5 Å². The molecule has 0 aliphatic rings. The number of benzene rings is 2. The lowest BCUT2D eigenvalue weighted by Gasteiger charge is -2.11. The van der Waals surface area contributed by atoms with Gasteiger partial charge in [-0.3, -0.25) is 0 Å². The molecule has 110 valence electrons. The highest BCUT2D eigenvalue weighted by Gasteiger charge is 2.12. The van der Waals surface area contributed by atoms with Crippen molar-refractivity contribution in [2.75, 3.05) is 5.32 Å². The van der Waals surface area contributed by atoms with E-state index in [4.69, 9.17) is 16.7 Å². The van der Waals surface area contributed by atoms with Crippen LogP contribution >= 0.6 is 11.6 Å². The smallest absolute Gasteiger partial charge is 0.337 e. The fraction of sp³-hybridized carbons (Fsp3) is 0.0714. The SMILES string of the molecule is O=C(O)c1cc(NCc2ccc(O)c(O)c2O)ccc1Cl. The predicted octanol–water partition coefficient (Wildman–Crippen LogP) is 2.77. The van der Waals surface area contributed by atoms with Crippen LogP contribution < -0.4 is 5.32 Å². The van der Waals surface area contributed by atoms with Crippen molar-refractivity contribution in [3.05, 3.63) is 46.5 Å². The quantitative estimate of drug-likeness (QED) is 0.555. The van der Waals surface area contributed by atoms with Crippen LogP contribution in [-0.2, 0) is 6.54 Å². The second-order valence-corrected chi connectivity index (χ2v) is 4.70. The number of halogens is 1. The number of aromatic hydroxyl groups is 3. The molecule has 6 nitrogen and oxygen atoms in total. The molecule has 0 fully saturated rings. The normalized spacial score (nSPS) is 10.3. The topological polar surface area (TPSA) is 110 Å². The standard InChI is InChI=1S/C14H12ClNO5/c15-10-3-2-8(5-9(10)14(20)21)16-6-7-1-4-11(17)13(19)12(7)18/h1-5,16-19H,6H2,(H,20,21). The molecule has 2 rings (SSSR count). The van der Waals surface area contributed by atoms with Gasteiger partial charge in [-0.2, -0.15) is 0 Å². The van der Waals surface area contributed by atoms with Crippen LogP contribution in [-0.4, -0.2) is 26.4 Å². The van der Waals surface area contributed by atoms with E-state index in [1.165, 1.54) is 24.3 Å². The van der Waals surface area contributed by atoms with Crippen molar-refractivity contribution in [2.45, 2.75) is 6.54 Å². The number of aromatic carboxylic acids is 1. The largest absolute Gasteiger partial charge is 0.504 e. The van der Waals surface area contributed by atoms with Crippen LogP contribution in [0.4, 0.5) is 5.69 Å². The van der Waals surface area contributed by atoms with E-state index >= 15 is 0 Å². The summed E-state index contributed by atoms with van der Waals surface area (Å²) in [6.07, 6.45) is 0. The van der Waals surface area contributed by atoms with E-state index in [0.29, 0.717) is 11.3 Å². The lowest BCUT2D eigenvalue weighted by atomic mass is 10.1. The number of phenolic OH excluding ortho intramolecular Hbond substituents is 3. The number of carboxylic acid groups (broad SMARTS) is 1. The number of hydrogen-bond donors (Lipinski definition) is 5. The van der Waals surface area contributed by atoms with Crippen LogP contribution in [0.15, 0.2) is 30.3 Å². The number of carbonyl (C=O) groups is 1. The van der Waals surface area contributed by atoms with Gasteiger partial charge in [0, 0.05) is 17.8 Å². The first-order valence-corrected chi connectivity index (χ1v) is 6.27. The maximum atomic E-state index is 11.0. The van der Waals surface area contributed by atoms with Gasteiger partial charge in [0.2, 0.25) is 5.75 Å². The molecule has 0 aliphatic heterocycles. The summed E-state index contributed by atoms with van der Waals surface area (Å²) in [5.41, 5.74) is 0.792. The molecular formula is C14H12ClNO5. The van der Waals surface area contributed by atoms with Crippen molar-refractivity contribution in [3.63, 3.8) is 0 Å². The van der Waals surface area contributed by atoms with Gasteiger partial charge in [-0.05, 0) is 30.3 Å². The number of carboxylic acids is 1. The van der Waals surface area contributed by atoms with Crippen LogP contribution in [0.5, 0.6) is 17.2 Å². The van der Waals surface area contributed by atoms with Crippen molar-refractivity contribution < 1.29 is 25.2 Å². The molecule has 5 N–H and O–H groups in total. The highest BCUT2D eigenvalue weighted by molar-refractivity contribution is 6.33. The molecule has 0 spiro atoms. The number of nitrogens with one attached hydrogen (secondary N) is 1. The third kappa shape index (κ3) is 3.11. The van der Waals surface area contributed by atoms with Gasteiger partial charge >= 0.3 is 5.97 Å². The minimum absolute atomic E-state index is 0.0422. The third-order valence-corrected chi connectivity index (χ3v) is 3.22. The monoisotopic (exact) mass is 309 g/mol. The third-order valence-electron chi connectivity index (χ3n) is 2.89. The first kappa shape index (κ1) is 14.8. The second-order valence-electron chi connectivity index (χ2n) is 4.29. The molecular weight excluding hydrogens is 298 g/mol. The lowest BCUT2D eigenvalue weighted by molar-refractivity contribution is 0.0697. The Bertz CT molecular complexity index is 702. The Balaban J connectivity index is 2.19. The van der Waals surface area contributed by atoms with Crippen LogP contribution in [0.25, 0.3) is 0 Å². The van der Waals surface area contributed by atoms with Gasteiger partial charge in [0.25, 0.3) is 0 Å². The Morgan fingerprint density at radius 3 is 2.48 bits per heavy atom. The van der Waals surface area contributed by atoms with Crippen molar-refractivity contribution in [1.82, 2.24) is 0 Å². The van der Waals surface area contributed by atoms with Gasteiger partial charge < -0.3 is 25.7 Å². The summed E-state index contributed by atoms with van der Waals surface area (Å²) in [6.45, 7) is 0.125. The summed E-state index contributed by atoms with van der Waals surface area (Å²) in [5.74, 6) is -2.60. The molecule has 0 aliphatic carbocycles. The van der Waals surface area contributed by atoms with Crippen molar-refractivity contribution in [1.29, 1.82) is 0 Å². The molecule has 0 radical (unpaired) electrons. The molecule has 0 atom stereocenters. The Hall–Kier alpha value is -2.60. The summed E-state index contributed by atoms with van der Waals surface area (Å²) in [7, 11) is 0. The molecule has 2 aromatic carbocycles. The highest BCUT2D eigenvalue weighted by atomic mass is 35.5. The van der Waals surface area contributed by atoms with Gasteiger partial charge in [0.05, 0.1) is 10.6 Å². The van der Waals surface area contributed by atoms with E-state index < -0.39 is 23.2 Å². The van der Waals surface area contributed by atoms with E-state index in [0.717, 1.165) is 0 Å². The Kier molecular flexibility index (Phi) is 4.09. The average molecular weight is 310 g/mol. The fourth-order valence-electron chi connectivity index (χ4n) is 1.75. The van der Waals surface area contributed by atoms with E-state index in [-0.39, 0.29) is 17.1 Å². The summed E-state index contributed by atoms with van der Waals surface area (Å²) < 4.78 is 0. The summed E-state index contributed by atoms with van der Waals surface area (Å²) in [6, 6.07) is 7.08. The number of rotatable bonds is 4. The van der Waals surface area contributed by atoms with Gasteiger partial charge in [-0.25, -0.2) is 4.79 Å². The van der Waals surface area contributed by atoms with E-state index in [2.05, 4.69) is 5.32 Å². The molecule has 7 heteroatoms. The Labute approximate surface area is 124 Å². The number of hydrogen-bond acceptors (Lipinski definition) is 5. The van der Waals surface area contributed by atoms with Crippen molar-refractivity contribution >= 4 is 23.3 Å². The van der Waals surface area contributed by atoms with Gasteiger partial charge in [-0.15, -0.1) is 0 Å². The maximum absolute atomic E-state index is 11.0. The zero-order valence-corrected chi connectivity index (χ0v) is 11.4. The molecule has 0 heterocycles. The van der Waals surface area contributed by atoms with Crippen LogP contribution in [0.2, 0.25) is 5.02 Å². The zero-order chi connectivity index (χ0) is 15.6. The van der Waals surface area contributed by atoms with Gasteiger partial charge in [-0.1, -0.05) is 11.6 Å². The van der Waals surface area contributed by atoms with E-state index in [9.17, 15) is 20.1 Å². The summed E-state index contributed by atoms with van der Waals surface area (Å²) in [5, 5.41) is 40.3. The first-order valence-electron chi connectivity index (χ1n) is 5.89. The molecule has 0 amide bonds. The average Bonchev–Trinajstić information content (AvgIpc) is 2.45. The molecule has 0 unspecified atom stereocenters. The van der Waals surface area contributed by atoms with Crippen LogP contribution in [0, 0.1) is 0 Å². The van der Waals surface area contributed by atoms with Gasteiger partial charge in [0.1, 0.15) is 0 Å². The molecule has 21 heavy (non-hydrogen) atoms. The van der Waals surface area contributed by atoms with Crippen LogP contribution in [0.1, 0.15) is 15.9 Å². The predicted molar refractivity (Wildman–Crippen MR) is 77.2 cm³/mol. The molecule has 0 aromatic heterocycles. The minimum Gasteiger partial charge on any atom is -0.504 e. The fourth-order valence-corrected chi connectivity index (χ4v) is 1.95. The van der Waals surface area contributed by atoms with Crippen molar-refractivity contribution in [2.24, 2.45) is 0 Å². The van der Waals surface area contributed by atoms with E-state index in [1.807, 2.05) is 0 Å². The van der Waals surface area contributed by atoms with E-state index in [1.54, 1.807) is 6.07 Å². The molecule has 0 saturated carbocycles. The zero-order valence-electron chi connectivity index (χ0n) is 10.7. The Morgan fingerprint density at radius 2 is 1.81 bits per heavy atom. The lowest BCUT2D eigenvalue weighted by Crippen LogP contribution is -2.03. The van der Waals surface area contributed by atoms with Crippen molar-refractivity contribution in [3.8, 4) is 17.2 Å². The summed E-state index contributed by atoms with van der Waals surface area (Å²) >= 11 is 5.76. The molecule has 0 bridgehead atoms. The minimum atomic E-state index is -1.14. The Morgan fingerprint density at radius 1 is 1.10 bits per heavy atom. The maximum Gasteiger partial charge on any atom is 0.337 e. The van der Waals surface area contributed by atoms with Crippen LogP contribution in [0.3, 0.4) is 0 Å². The number of phenols is 3. The second kappa shape index (κ2) is 5.80. The highest BCUT2D eigenvalue weighted by Crippen LogP contribution is 2.37. The molecule has 0 saturated heterocycles. The number of anilines is 1. The summed E-state index contributed by atoms with van der Waals surface area (Å²) in [4.78, 5) is 11.0. The molecule has 2 aromatic rings. The first-order chi connectivity index (χ1) is 9.90.